The minimum atomic E-state index is -4.51. The zero-order valence-corrected chi connectivity index (χ0v) is 11.3. The quantitative estimate of drug-likeness (QED) is 0.690. The SMILES string of the molecule is OC[C@@]1(c2ccc(F)cc2)O[C@H]1c1ccccc1C(F)(F)F. The summed E-state index contributed by atoms with van der Waals surface area (Å²) in [6, 6.07) is 10.3. The number of alkyl halides is 3. The van der Waals surface area contributed by atoms with Crippen molar-refractivity contribution in [3.63, 3.8) is 0 Å². The molecule has 0 spiro atoms. The molecule has 1 heterocycles. The van der Waals surface area contributed by atoms with E-state index >= 15 is 0 Å². The van der Waals surface area contributed by atoms with E-state index in [9.17, 15) is 22.7 Å². The van der Waals surface area contributed by atoms with Gasteiger partial charge >= 0.3 is 6.18 Å². The van der Waals surface area contributed by atoms with Crippen molar-refractivity contribution in [1.29, 1.82) is 0 Å². The normalized spacial score (nSPS) is 24.3. The Bertz CT molecular complexity index is 681. The Kier molecular flexibility index (Phi) is 3.45. The highest BCUT2D eigenvalue weighted by atomic mass is 19.4. The molecule has 0 bridgehead atoms. The van der Waals surface area contributed by atoms with Crippen molar-refractivity contribution in [2.75, 3.05) is 6.61 Å². The molecule has 1 aliphatic rings. The zero-order chi connectivity index (χ0) is 16.0. The van der Waals surface area contributed by atoms with Gasteiger partial charge in [0.25, 0.3) is 0 Å². The first-order valence-electron chi connectivity index (χ1n) is 6.59. The molecule has 1 saturated heterocycles. The maximum absolute atomic E-state index is 13.1. The topological polar surface area (TPSA) is 32.8 Å². The number of rotatable bonds is 3. The summed E-state index contributed by atoms with van der Waals surface area (Å²) in [7, 11) is 0. The van der Waals surface area contributed by atoms with E-state index < -0.39 is 35.9 Å². The fraction of sp³-hybridized carbons (Fsp3) is 0.250. The summed E-state index contributed by atoms with van der Waals surface area (Å²) in [6.45, 7) is -0.491. The van der Waals surface area contributed by atoms with Gasteiger partial charge in [-0.05, 0) is 29.3 Å². The second kappa shape index (κ2) is 5.07. The Labute approximate surface area is 124 Å². The van der Waals surface area contributed by atoms with Crippen LogP contribution in [0.5, 0.6) is 0 Å². The van der Waals surface area contributed by atoms with Crippen molar-refractivity contribution in [3.8, 4) is 0 Å². The molecule has 0 radical (unpaired) electrons. The van der Waals surface area contributed by atoms with E-state index in [-0.39, 0.29) is 5.56 Å². The first kappa shape index (κ1) is 15.0. The molecular formula is C16H12F4O2. The van der Waals surface area contributed by atoms with Crippen LogP contribution >= 0.6 is 0 Å². The van der Waals surface area contributed by atoms with E-state index in [0.717, 1.165) is 6.07 Å². The summed E-state index contributed by atoms with van der Waals surface area (Å²) in [4.78, 5) is 0. The van der Waals surface area contributed by atoms with Crippen LogP contribution in [0.15, 0.2) is 48.5 Å². The summed E-state index contributed by atoms with van der Waals surface area (Å²) in [5.74, 6) is -0.468. The van der Waals surface area contributed by atoms with E-state index in [4.69, 9.17) is 4.74 Å². The number of aliphatic hydroxyl groups is 1. The molecule has 6 heteroatoms. The van der Waals surface area contributed by atoms with Gasteiger partial charge in [-0.3, -0.25) is 0 Å². The molecule has 1 N–H and O–H groups in total. The first-order valence-corrected chi connectivity index (χ1v) is 6.59. The lowest BCUT2D eigenvalue weighted by Crippen LogP contribution is -2.17. The van der Waals surface area contributed by atoms with Crippen LogP contribution in [0.3, 0.4) is 0 Å². The zero-order valence-electron chi connectivity index (χ0n) is 11.3. The smallest absolute Gasteiger partial charge is 0.393 e. The maximum Gasteiger partial charge on any atom is 0.416 e. The van der Waals surface area contributed by atoms with E-state index in [2.05, 4.69) is 0 Å². The maximum atomic E-state index is 13.1. The van der Waals surface area contributed by atoms with Crippen molar-refractivity contribution in [3.05, 3.63) is 71.0 Å². The van der Waals surface area contributed by atoms with Crippen molar-refractivity contribution in [2.24, 2.45) is 0 Å². The first-order chi connectivity index (χ1) is 10.4. The molecule has 1 aliphatic heterocycles. The van der Waals surface area contributed by atoms with Gasteiger partial charge in [-0.1, -0.05) is 30.3 Å². The molecule has 2 aromatic rings. The molecular weight excluding hydrogens is 300 g/mol. The third-order valence-corrected chi connectivity index (χ3v) is 3.81. The van der Waals surface area contributed by atoms with Crippen molar-refractivity contribution in [2.45, 2.75) is 17.9 Å². The van der Waals surface area contributed by atoms with E-state index in [0.29, 0.717) is 5.56 Å². The number of aliphatic hydroxyl groups excluding tert-OH is 1. The molecule has 0 unspecified atom stereocenters. The predicted octanol–water partition coefficient (Wildman–Crippen LogP) is 3.80. The molecule has 2 nitrogen and oxygen atoms in total. The lowest BCUT2D eigenvalue weighted by molar-refractivity contribution is -0.138. The Morgan fingerprint density at radius 2 is 1.68 bits per heavy atom. The molecule has 2 aromatic carbocycles. The van der Waals surface area contributed by atoms with Gasteiger partial charge in [0.15, 0.2) is 0 Å². The molecule has 0 amide bonds. The summed E-state index contributed by atoms with van der Waals surface area (Å²) >= 11 is 0. The highest BCUT2D eigenvalue weighted by Crippen LogP contribution is 2.58. The molecule has 0 aliphatic carbocycles. The summed E-state index contributed by atoms with van der Waals surface area (Å²) < 4.78 is 57.7. The van der Waals surface area contributed by atoms with Gasteiger partial charge in [-0.15, -0.1) is 0 Å². The molecule has 0 saturated carbocycles. The Morgan fingerprint density at radius 1 is 1.05 bits per heavy atom. The van der Waals surface area contributed by atoms with Crippen LogP contribution in [0.4, 0.5) is 17.6 Å². The van der Waals surface area contributed by atoms with E-state index in [1.165, 1.54) is 42.5 Å². The van der Waals surface area contributed by atoms with Crippen molar-refractivity contribution in [1.82, 2.24) is 0 Å². The fourth-order valence-corrected chi connectivity index (χ4v) is 2.64. The van der Waals surface area contributed by atoms with Crippen LogP contribution in [0.2, 0.25) is 0 Å². The second-order valence-electron chi connectivity index (χ2n) is 5.14. The van der Waals surface area contributed by atoms with Crippen LogP contribution < -0.4 is 0 Å². The van der Waals surface area contributed by atoms with Crippen LogP contribution in [-0.4, -0.2) is 11.7 Å². The summed E-state index contributed by atoms with van der Waals surface area (Å²) in [5.41, 5.74) is -1.64. The molecule has 3 rings (SSSR count). The highest BCUT2D eigenvalue weighted by Gasteiger charge is 2.60. The van der Waals surface area contributed by atoms with Gasteiger partial charge in [-0.2, -0.15) is 13.2 Å². The van der Waals surface area contributed by atoms with Gasteiger partial charge in [0.2, 0.25) is 0 Å². The third kappa shape index (κ3) is 2.38. The average Bonchev–Trinajstić information content (AvgIpc) is 3.23. The van der Waals surface area contributed by atoms with Gasteiger partial charge in [0.05, 0.1) is 12.2 Å². The minimum absolute atomic E-state index is 0.0339. The Balaban J connectivity index is 2.00. The van der Waals surface area contributed by atoms with E-state index in [1.54, 1.807) is 0 Å². The monoisotopic (exact) mass is 312 g/mol. The van der Waals surface area contributed by atoms with Crippen LogP contribution in [-0.2, 0) is 16.5 Å². The van der Waals surface area contributed by atoms with Gasteiger partial charge in [0, 0.05) is 0 Å². The van der Waals surface area contributed by atoms with Crippen LogP contribution in [0.1, 0.15) is 22.8 Å². The van der Waals surface area contributed by atoms with Crippen molar-refractivity contribution >= 4 is 0 Å². The summed E-state index contributed by atoms with van der Waals surface area (Å²) in [6.07, 6.45) is -5.42. The molecule has 0 aromatic heterocycles. The second-order valence-corrected chi connectivity index (χ2v) is 5.14. The van der Waals surface area contributed by atoms with Gasteiger partial charge in [0.1, 0.15) is 17.5 Å². The molecule has 1 fully saturated rings. The minimum Gasteiger partial charge on any atom is -0.393 e. The Morgan fingerprint density at radius 3 is 2.27 bits per heavy atom. The number of epoxide rings is 1. The fourth-order valence-electron chi connectivity index (χ4n) is 2.64. The third-order valence-electron chi connectivity index (χ3n) is 3.81. The number of halogens is 4. The lowest BCUT2D eigenvalue weighted by atomic mass is 9.90. The van der Waals surface area contributed by atoms with Crippen LogP contribution in [0.25, 0.3) is 0 Å². The predicted molar refractivity (Wildman–Crippen MR) is 70.4 cm³/mol. The van der Waals surface area contributed by atoms with Gasteiger partial charge in [-0.25, -0.2) is 4.39 Å². The number of hydrogen-bond acceptors (Lipinski definition) is 2. The van der Waals surface area contributed by atoms with Crippen molar-refractivity contribution < 1.29 is 27.4 Å². The molecule has 2 atom stereocenters. The number of hydrogen-bond donors (Lipinski definition) is 1. The molecule has 22 heavy (non-hydrogen) atoms. The average molecular weight is 312 g/mol. The standard InChI is InChI=1S/C16H12F4O2/c17-11-7-5-10(6-8-11)15(9-21)14(22-15)12-3-1-2-4-13(12)16(18,19)20/h1-8,14,21H,9H2/t14-,15-/m0/s1. The summed E-state index contributed by atoms with van der Waals surface area (Å²) in [5, 5.41) is 9.60. The largest absolute Gasteiger partial charge is 0.416 e. The van der Waals surface area contributed by atoms with Gasteiger partial charge < -0.3 is 9.84 Å². The highest BCUT2D eigenvalue weighted by molar-refractivity contribution is 5.41. The number of ether oxygens (including phenoxy) is 1. The van der Waals surface area contributed by atoms with E-state index in [1.807, 2.05) is 0 Å². The van der Waals surface area contributed by atoms with Crippen LogP contribution in [0, 0.1) is 5.82 Å². The number of benzene rings is 2. The lowest BCUT2D eigenvalue weighted by Gasteiger charge is -2.14. The Hall–Kier alpha value is -1.92. The molecule has 116 valence electrons.